The lowest BCUT2D eigenvalue weighted by atomic mass is 9.65. The quantitative estimate of drug-likeness (QED) is 0.133. The number of rotatable bonds is 9. The standard InChI is InChI=1S/C69H45N5O3S/c1-2-16-46(17-3-1)67-70-71-68(78-67)47-30-32-48(33-31-47)69(49-34-40-52(41-35-49)72-55-18-4-10-24-61(55)75-62-25-11-5-19-56(62)72,50-36-42-53(43-37-50)73-57-20-6-12-26-63(57)76-64-27-13-7-21-58(64)73)51-38-44-54(45-39-51)74-59-22-8-14-28-65(59)77-66-29-15-9-23-60(66)74/h1-45H. The van der Waals surface area contributed by atoms with Gasteiger partial charge >= 0.3 is 0 Å². The van der Waals surface area contributed by atoms with Crippen molar-refractivity contribution in [2.45, 2.75) is 5.41 Å². The first-order valence-electron chi connectivity index (χ1n) is 26.0. The lowest BCUT2D eigenvalue weighted by Crippen LogP contribution is -2.31. The number of ether oxygens (including phenoxy) is 3. The summed E-state index contributed by atoms with van der Waals surface area (Å²) in [5.74, 6) is 4.82. The van der Waals surface area contributed by atoms with Crippen LogP contribution in [0.4, 0.5) is 51.2 Å². The van der Waals surface area contributed by atoms with Crippen molar-refractivity contribution < 1.29 is 14.2 Å². The molecule has 3 aliphatic rings. The Labute approximate surface area is 455 Å². The van der Waals surface area contributed by atoms with Gasteiger partial charge in [0, 0.05) is 28.2 Å². The van der Waals surface area contributed by atoms with E-state index < -0.39 is 5.41 Å². The maximum atomic E-state index is 6.46. The van der Waals surface area contributed by atoms with E-state index in [1.807, 2.05) is 91.0 Å². The largest absolute Gasteiger partial charge is 0.453 e. The van der Waals surface area contributed by atoms with Crippen LogP contribution in [0.15, 0.2) is 273 Å². The molecule has 0 saturated carbocycles. The third kappa shape index (κ3) is 7.43. The van der Waals surface area contributed by atoms with Crippen molar-refractivity contribution in [3.63, 3.8) is 0 Å². The van der Waals surface area contributed by atoms with Crippen LogP contribution in [0.5, 0.6) is 34.5 Å². The van der Waals surface area contributed by atoms with Gasteiger partial charge in [-0.1, -0.05) is 175 Å². The topological polar surface area (TPSA) is 63.2 Å². The van der Waals surface area contributed by atoms with E-state index in [0.717, 1.165) is 129 Å². The second kappa shape index (κ2) is 18.6. The zero-order chi connectivity index (χ0) is 51.6. The van der Waals surface area contributed by atoms with Crippen molar-refractivity contribution in [3.05, 3.63) is 295 Å². The van der Waals surface area contributed by atoms with Crippen molar-refractivity contribution in [1.29, 1.82) is 0 Å². The van der Waals surface area contributed by atoms with Crippen molar-refractivity contribution in [2.75, 3.05) is 14.7 Å². The first kappa shape index (κ1) is 45.2. The molecule has 3 aliphatic heterocycles. The fourth-order valence-corrected chi connectivity index (χ4v) is 12.3. The van der Waals surface area contributed by atoms with E-state index in [-0.39, 0.29) is 0 Å². The van der Waals surface area contributed by atoms with Crippen LogP contribution >= 0.6 is 11.3 Å². The van der Waals surface area contributed by atoms with E-state index in [2.05, 4.69) is 202 Å². The highest BCUT2D eigenvalue weighted by Gasteiger charge is 2.40. The third-order valence-electron chi connectivity index (χ3n) is 15.0. The maximum absolute atomic E-state index is 6.46. The molecule has 0 aliphatic carbocycles. The number of hydrogen-bond acceptors (Lipinski definition) is 9. The van der Waals surface area contributed by atoms with Crippen molar-refractivity contribution in [3.8, 4) is 55.6 Å². The first-order chi connectivity index (χ1) is 38.7. The molecule has 9 heteroatoms. The second-order valence-corrected chi connectivity index (χ2v) is 20.3. The predicted octanol–water partition coefficient (Wildman–Crippen LogP) is 19.0. The van der Waals surface area contributed by atoms with Crippen LogP contribution in [0.1, 0.15) is 22.3 Å². The second-order valence-electron chi connectivity index (χ2n) is 19.4. The summed E-state index contributed by atoms with van der Waals surface area (Å²) in [5, 5.41) is 11.1. The van der Waals surface area contributed by atoms with Crippen LogP contribution in [-0.2, 0) is 5.41 Å². The summed E-state index contributed by atoms with van der Waals surface area (Å²) in [6.45, 7) is 0. The fourth-order valence-electron chi connectivity index (χ4n) is 11.4. The van der Waals surface area contributed by atoms with Gasteiger partial charge in [0.05, 0.1) is 39.5 Å². The number of benzene rings is 11. The number of para-hydroxylation sites is 12. The molecule has 0 unspecified atom stereocenters. The molecule has 0 spiro atoms. The highest BCUT2D eigenvalue weighted by molar-refractivity contribution is 7.17. The number of hydrogen-bond donors (Lipinski definition) is 0. The molecular weight excluding hydrogens is 979 g/mol. The minimum Gasteiger partial charge on any atom is -0.453 e. The Morgan fingerprint density at radius 2 is 0.500 bits per heavy atom. The van der Waals surface area contributed by atoms with Gasteiger partial charge in [-0.25, -0.2) is 0 Å². The summed E-state index contributed by atoms with van der Waals surface area (Å²) >= 11 is 1.60. The number of anilines is 9. The molecule has 12 aromatic rings. The zero-order valence-electron chi connectivity index (χ0n) is 41.8. The van der Waals surface area contributed by atoms with Gasteiger partial charge in [0.1, 0.15) is 10.0 Å². The Bertz CT molecular complexity index is 3730. The molecule has 0 amide bonds. The molecule has 78 heavy (non-hydrogen) atoms. The molecule has 11 aromatic carbocycles. The Morgan fingerprint density at radius 1 is 0.256 bits per heavy atom. The molecule has 0 saturated heterocycles. The molecule has 370 valence electrons. The number of nitrogens with zero attached hydrogens (tertiary/aromatic N) is 5. The summed E-state index contributed by atoms with van der Waals surface area (Å²) in [7, 11) is 0. The van der Waals surface area contributed by atoms with Gasteiger partial charge in [-0.2, -0.15) is 0 Å². The van der Waals surface area contributed by atoms with Crippen molar-refractivity contribution in [1.82, 2.24) is 10.2 Å². The summed E-state index contributed by atoms with van der Waals surface area (Å²) in [6.07, 6.45) is 0. The van der Waals surface area contributed by atoms with Crippen LogP contribution < -0.4 is 28.9 Å². The van der Waals surface area contributed by atoms with Gasteiger partial charge in [0.2, 0.25) is 0 Å². The molecule has 0 atom stereocenters. The molecule has 8 nitrogen and oxygen atoms in total. The summed E-state index contributed by atoms with van der Waals surface area (Å²) in [5.41, 5.74) is 14.4. The summed E-state index contributed by atoms with van der Waals surface area (Å²) in [6, 6.07) is 95.8. The summed E-state index contributed by atoms with van der Waals surface area (Å²) in [4.78, 5) is 6.87. The molecule has 0 fully saturated rings. The third-order valence-corrected chi connectivity index (χ3v) is 16.0. The highest BCUT2D eigenvalue weighted by atomic mass is 32.1. The van der Waals surface area contributed by atoms with Gasteiger partial charge in [0.15, 0.2) is 34.5 Å². The van der Waals surface area contributed by atoms with E-state index in [4.69, 9.17) is 19.3 Å². The van der Waals surface area contributed by atoms with E-state index in [1.165, 1.54) is 0 Å². The van der Waals surface area contributed by atoms with Gasteiger partial charge in [-0.3, -0.25) is 0 Å². The Kier molecular flexibility index (Phi) is 10.8. The Hall–Kier alpha value is -10.2. The molecule has 1 aromatic heterocycles. The zero-order valence-corrected chi connectivity index (χ0v) is 42.7. The van der Waals surface area contributed by atoms with Crippen LogP contribution in [-0.4, -0.2) is 10.2 Å². The van der Waals surface area contributed by atoms with Crippen LogP contribution in [0, 0.1) is 0 Å². The van der Waals surface area contributed by atoms with Gasteiger partial charge in [-0.15, -0.1) is 10.2 Å². The molecule has 0 radical (unpaired) electrons. The van der Waals surface area contributed by atoms with E-state index in [9.17, 15) is 0 Å². The molecule has 0 N–H and O–H groups in total. The normalized spacial score (nSPS) is 12.8. The molecule has 0 bridgehead atoms. The van der Waals surface area contributed by atoms with E-state index >= 15 is 0 Å². The molecule has 4 heterocycles. The predicted molar refractivity (Wildman–Crippen MR) is 313 cm³/mol. The average molecular weight is 1020 g/mol. The number of fused-ring (bicyclic) bond motifs is 6. The lowest BCUT2D eigenvalue weighted by molar-refractivity contribution is 0.477. The SMILES string of the molecule is c1ccc(-c2nnc(-c3ccc(C(c4ccc(N5c6ccccc6Oc6ccccc65)cc4)(c4ccc(N5c6ccccc6Oc6ccccc65)cc4)c4ccc(N5c6ccccc6Oc6ccccc65)cc4)cc3)s2)cc1. The van der Waals surface area contributed by atoms with Crippen molar-refractivity contribution in [2.24, 2.45) is 0 Å². The molecule has 15 rings (SSSR count). The minimum atomic E-state index is -0.868. The van der Waals surface area contributed by atoms with Gasteiger partial charge in [0.25, 0.3) is 0 Å². The van der Waals surface area contributed by atoms with Gasteiger partial charge < -0.3 is 28.9 Å². The van der Waals surface area contributed by atoms with E-state index in [0.29, 0.717) is 0 Å². The first-order valence-corrected chi connectivity index (χ1v) is 26.8. The smallest absolute Gasteiger partial charge is 0.151 e. The minimum absolute atomic E-state index is 0.803. The Balaban J connectivity index is 0.932. The number of aromatic nitrogens is 2. The maximum Gasteiger partial charge on any atom is 0.151 e. The molecular formula is C69H45N5O3S. The van der Waals surface area contributed by atoms with Crippen LogP contribution in [0.25, 0.3) is 21.1 Å². The van der Waals surface area contributed by atoms with E-state index in [1.54, 1.807) is 11.3 Å². The van der Waals surface area contributed by atoms with Crippen LogP contribution in [0.2, 0.25) is 0 Å². The Morgan fingerprint density at radius 3 is 0.795 bits per heavy atom. The lowest BCUT2D eigenvalue weighted by Gasteiger charge is -2.39. The van der Waals surface area contributed by atoms with Crippen LogP contribution in [0.3, 0.4) is 0 Å². The fraction of sp³-hybridized carbons (Fsp3) is 0.0145. The highest BCUT2D eigenvalue weighted by Crippen LogP contribution is 2.55. The van der Waals surface area contributed by atoms with Gasteiger partial charge in [-0.05, 0) is 131 Å². The summed E-state index contributed by atoms with van der Waals surface area (Å²) < 4.78 is 19.4. The average Bonchev–Trinajstić information content (AvgIpc) is 4.06. The van der Waals surface area contributed by atoms with Crippen molar-refractivity contribution >= 4 is 62.5 Å². The monoisotopic (exact) mass is 1020 g/mol.